The van der Waals surface area contributed by atoms with E-state index in [1.54, 1.807) is 30.3 Å². The van der Waals surface area contributed by atoms with Crippen molar-refractivity contribution in [1.82, 2.24) is 10.1 Å². The molecule has 0 unspecified atom stereocenters. The van der Waals surface area contributed by atoms with Crippen molar-refractivity contribution in [2.45, 2.75) is 17.4 Å². The summed E-state index contributed by atoms with van der Waals surface area (Å²) in [5.41, 5.74) is 3.86. The summed E-state index contributed by atoms with van der Waals surface area (Å²) in [6, 6.07) is 21.3. The second-order valence-electron chi connectivity index (χ2n) is 7.19. The molecule has 11 heteroatoms. The summed E-state index contributed by atoms with van der Waals surface area (Å²) >= 11 is 5.44. The summed E-state index contributed by atoms with van der Waals surface area (Å²) in [5.74, 6) is -0.104. The zero-order valence-corrected chi connectivity index (χ0v) is 22.7. The summed E-state index contributed by atoms with van der Waals surface area (Å²) in [6.45, 7) is -0.0803. The number of benzene rings is 3. The normalized spacial score (nSPS) is 12.1. The highest BCUT2D eigenvalue weighted by Crippen LogP contribution is 2.25. The maximum Gasteiger partial charge on any atom is 0.258 e. The van der Waals surface area contributed by atoms with E-state index in [-0.39, 0.29) is 17.9 Å². The predicted molar refractivity (Wildman–Crippen MR) is 144 cm³/mol. The SMILES string of the molecule is N#CCOc1ccc(/C=N\NC(=O)[C@H](Cc2ccccc2)NS(=O)(=O)c2ccc(I)cc2)cc1Br. The van der Waals surface area contributed by atoms with Gasteiger partial charge in [0, 0.05) is 3.57 Å². The van der Waals surface area contributed by atoms with E-state index in [1.165, 1.54) is 18.3 Å². The maximum atomic E-state index is 12.9. The molecule has 0 aliphatic rings. The number of hydrazone groups is 1. The summed E-state index contributed by atoms with van der Waals surface area (Å²) in [6.07, 6.45) is 1.56. The van der Waals surface area contributed by atoms with Crippen LogP contribution in [0.25, 0.3) is 0 Å². The molecule has 0 aliphatic heterocycles. The van der Waals surface area contributed by atoms with Gasteiger partial charge < -0.3 is 4.74 Å². The van der Waals surface area contributed by atoms with Crippen molar-refractivity contribution in [2.75, 3.05) is 6.61 Å². The van der Waals surface area contributed by atoms with Crippen LogP contribution in [-0.2, 0) is 21.2 Å². The fourth-order valence-electron chi connectivity index (χ4n) is 2.98. The number of hydrogen-bond acceptors (Lipinski definition) is 6. The number of hydrogen-bond donors (Lipinski definition) is 2. The van der Waals surface area contributed by atoms with E-state index in [1.807, 2.05) is 36.4 Å². The number of halogens is 2. The quantitative estimate of drug-likeness (QED) is 0.193. The number of carbonyl (C=O) groups excluding carboxylic acids is 1. The van der Waals surface area contributed by atoms with Crippen LogP contribution in [0.5, 0.6) is 5.75 Å². The molecule has 180 valence electrons. The molecule has 0 fully saturated rings. The van der Waals surface area contributed by atoms with E-state index in [2.05, 4.69) is 53.8 Å². The monoisotopic (exact) mass is 666 g/mol. The van der Waals surface area contributed by atoms with Gasteiger partial charge in [0.25, 0.3) is 5.91 Å². The zero-order valence-electron chi connectivity index (χ0n) is 18.2. The first-order chi connectivity index (χ1) is 16.8. The minimum atomic E-state index is -3.95. The first-order valence-corrected chi connectivity index (χ1v) is 13.6. The molecule has 35 heavy (non-hydrogen) atoms. The van der Waals surface area contributed by atoms with E-state index >= 15 is 0 Å². The van der Waals surface area contributed by atoms with Gasteiger partial charge in [-0.05, 0) is 98.5 Å². The van der Waals surface area contributed by atoms with Gasteiger partial charge in [-0.15, -0.1) is 0 Å². The molecule has 2 N–H and O–H groups in total. The van der Waals surface area contributed by atoms with Gasteiger partial charge in [-0.2, -0.15) is 15.1 Å². The Morgan fingerprint density at radius 3 is 2.51 bits per heavy atom. The standard InChI is InChI=1S/C24H20BrIN4O4S/c25-21-14-18(6-11-23(21)34-13-12-27)16-28-29-24(31)22(15-17-4-2-1-3-5-17)30-35(32,33)20-9-7-19(26)8-10-20/h1-11,14,16,22,30H,13,15H2,(H,29,31)/b28-16-/t22-/m0/s1. The molecule has 0 radical (unpaired) electrons. The minimum Gasteiger partial charge on any atom is -0.478 e. The number of amides is 1. The van der Waals surface area contributed by atoms with Crippen molar-refractivity contribution in [3.05, 3.63) is 92.0 Å². The lowest BCUT2D eigenvalue weighted by molar-refractivity contribution is -0.122. The summed E-state index contributed by atoms with van der Waals surface area (Å²) in [4.78, 5) is 13.0. The van der Waals surface area contributed by atoms with Gasteiger partial charge >= 0.3 is 0 Å². The molecule has 3 aromatic carbocycles. The third-order valence-corrected chi connectivity index (χ3v) is 7.48. The van der Waals surface area contributed by atoms with Crippen LogP contribution in [0.3, 0.4) is 0 Å². The summed E-state index contributed by atoms with van der Waals surface area (Å²) in [7, 11) is -3.95. The van der Waals surface area contributed by atoms with Crippen molar-refractivity contribution < 1.29 is 17.9 Å². The number of sulfonamides is 1. The molecule has 3 aromatic rings. The average molecular weight is 667 g/mol. The highest BCUT2D eigenvalue weighted by Gasteiger charge is 2.26. The van der Waals surface area contributed by atoms with Crippen LogP contribution in [0.2, 0.25) is 0 Å². The third kappa shape index (κ3) is 8.14. The lowest BCUT2D eigenvalue weighted by Crippen LogP contribution is -2.46. The largest absolute Gasteiger partial charge is 0.478 e. The number of nitrogens with one attached hydrogen (secondary N) is 2. The van der Waals surface area contributed by atoms with Gasteiger partial charge in [-0.1, -0.05) is 30.3 Å². The van der Waals surface area contributed by atoms with E-state index in [0.717, 1.165) is 9.13 Å². The van der Waals surface area contributed by atoms with Crippen molar-refractivity contribution in [2.24, 2.45) is 5.10 Å². The molecular formula is C24H20BrIN4O4S. The molecule has 1 atom stereocenters. The number of carbonyl (C=O) groups is 1. The molecule has 0 spiro atoms. The van der Waals surface area contributed by atoms with Gasteiger partial charge in [-0.25, -0.2) is 13.8 Å². The summed E-state index contributed by atoms with van der Waals surface area (Å²) in [5, 5.41) is 12.6. The Kier molecular flexibility index (Phi) is 9.79. The van der Waals surface area contributed by atoms with Gasteiger partial charge in [0.05, 0.1) is 15.6 Å². The van der Waals surface area contributed by atoms with Gasteiger partial charge in [0.15, 0.2) is 6.61 Å². The van der Waals surface area contributed by atoms with Crippen LogP contribution in [0.1, 0.15) is 11.1 Å². The fraction of sp³-hybridized carbons (Fsp3) is 0.125. The van der Waals surface area contributed by atoms with Crippen LogP contribution in [0.15, 0.2) is 87.3 Å². The van der Waals surface area contributed by atoms with Gasteiger partial charge in [0.2, 0.25) is 10.0 Å². The minimum absolute atomic E-state index is 0.0656. The van der Waals surface area contributed by atoms with Crippen molar-refractivity contribution in [1.29, 1.82) is 5.26 Å². The van der Waals surface area contributed by atoms with Crippen LogP contribution in [0, 0.1) is 14.9 Å². The van der Waals surface area contributed by atoms with Gasteiger partial charge in [0.1, 0.15) is 17.9 Å². The molecular weight excluding hydrogens is 647 g/mol. The molecule has 8 nitrogen and oxygen atoms in total. The average Bonchev–Trinajstić information content (AvgIpc) is 2.84. The van der Waals surface area contributed by atoms with E-state index in [4.69, 9.17) is 10.00 Å². The van der Waals surface area contributed by atoms with Crippen LogP contribution in [-0.4, -0.2) is 33.2 Å². The fourth-order valence-corrected chi connectivity index (χ4v) is 5.05. The summed E-state index contributed by atoms with van der Waals surface area (Å²) < 4.78 is 35.1. The van der Waals surface area contributed by atoms with Crippen molar-refractivity contribution >= 4 is 60.7 Å². The second kappa shape index (κ2) is 12.8. The Balaban J connectivity index is 1.74. The Morgan fingerprint density at radius 2 is 1.86 bits per heavy atom. The molecule has 0 heterocycles. The zero-order chi connectivity index (χ0) is 25.3. The lowest BCUT2D eigenvalue weighted by atomic mass is 10.1. The lowest BCUT2D eigenvalue weighted by Gasteiger charge is -2.17. The molecule has 0 aromatic heterocycles. The topological polar surface area (TPSA) is 121 Å². The van der Waals surface area contributed by atoms with Gasteiger partial charge in [-0.3, -0.25) is 4.79 Å². The molecule has 0 saturated carbocycles. The van der Waals surface area contributed by atoms with Crippen molar-refractivity contribution in [3.8, 4) is 11.8 Å². The first-order valence-electron chi connectivity index (χ1n) is 10.2. The van der Waals surface area contributed by atoms with Crippen LogP contribution >= 0.6 is 38.5 Å². The third-order valence-electron chi connectivity index (χ3n) is 4.66. The molecule has 0 bridgehead atoms. The van der Waals surface area contributed by atoms with Crippen LogP contribution in [0.4, 0.5) is 0 Å². The highest BCUT2D eigenvalue weighted by molar-refractivity contribution is 14.1. The Labute approximate surface area is 225 Å². The second-order valence-corrected chi connectivity index (χ2v) is 11.0. The van der Waals surface area contributed by atoms with Crippen LogP contribution < -0.4 is 14.9 Å². The Morgan fingerprint density at radius 1 is 1.14 bits per heavy atom. The Hall–Kier alpha value is -2.79. The smallest absolute Gasteiger partial charge is 0.258 e. The predicted octanol–water partition coefficient (Wildman–Crippen LogP) is 4.00. The van der Waals surface area contributed by atoms with E-state index in [9.17, 15) is 13.2 Å². The molecule has 0 saturated heterocycles. The number of nitrogens with zero attached hydrogens (tertiary/aromatic N) is 2. The first kappa shape index (κ1) is 26.8. The molecule has 1 amide bonds. The number of nitriles is 1. The maximum absolute atomic E-state index is 12.9. The van der Waals surface area contributed by atoms with Crippen molar-refractivity contribution in [3.63, 3.8) is 0 Å². The van der Waals surface area contributed by atoms with E-state index in [0.29, 0.717) is 15.8 Å². The number of ether oxygens (including phenoxy) is 1. The highest BCUT2D eigenvalue weighted by atomic mass is 127. The molecule has 0 aliphatic carbocycles. The molecule has 3 rings (SSSR count). The van der Waals surface area contributed by atoms with E-state index < -0.39 is 22.0 Å². The number of rotatable bonds is 10. The Bertz CT molecular complexity index is 1340.